The summed E-state index contributed by atoms with van der Waals surface area (Å²) >= 11 is 0. The topological polar surface area (TPSA) is 36.4 Å². The van der Waals surface area contributed by atoms with E-state index in [9.17, 15) is 0 Å². The molecule has 8 unspecified atom stereocenters. The first-order valence-electron chi connectivity index (χ1n) is 16.2. The molecule has 2 N–H and O–H groups in total. The van der Waals surface area contributed by atoms with Gasteiger partial charge >= 0.3 is 0 Å². The zero-order chi connectivity index (χ0) is 27.8. The summed E-state index contributed by atoms with van der Waals surface area (Å²) in [5, 5.41) is 6.56. The molecule has 8 atom stereocenters. The number of fused-ring (bicyclic) bond motifs is 3. The monoisotopic (exact) mass is 540 g/mol. The van der Waals surface area contributed by atoms with Crippen LogP contribution >= 0.6 is 0 Å². The third-order valence-corrected chi connectivity index (χ3v) is 11.2. The van der Waals surface area contributed by atoms with Gasteiger partial charge in [-0.05, 0) is 125 Å². The van der Waals surface area contributed by atoms with E-state index in [-0.39, 0.29) is 7.43 Å². The number of nitrogens with zero attached hydrogens (tertiary/aromatic N) is 1. The van der Waals surface area contributed by atoms with Gasteiger partial charge in [0.25, 0.3) is 0 Å². The van der Waals surface area contributed by atoms with Crippen LogP contribution < -0.4 is 10.6 Å². The lowest BCUT2D eigenvalue weighted by Gasteiger charge is -2.57. The molecule has 4 rings (SSSR count). The molecule has 0 spiro atoms. The SMILES string of the molecule is C.C=C/C=C1/CCC2C(CCC3(C)C(C(C)=NCCCC4CC(C)CN4)CCC23)C1(C)CCC.C=CNCC. The molecular weight excluding hydrogens is 474 g/mol. The number of allylic oxidation sites excluding steroid dienone is 3. The van der Waals surface area contributed by atoms with Crippen LogP contribution in [0.15, 0.2) is 42.1 Å². The van der Waals surface area contributed by atoms with Crippen LogP contribution in [0.25, 0.3) is 0 Å². The van der Waals surface area contributed by atoms with Crippen molar-refractivity contribution in [2.24, 2.45) is 45.4 Å². The highest BCUT2D eigenvalue weighted by Gasteiger charge is 2.58. The van der Waals surface area contributed by atoms with E-state index in [4.69, 9.17) is 4.99 Å². The van der Waals surface area contributed by atoms with Crippen molar-refractivity contribution >= 4 is 5.71 Å². The third-order valence-electron chi connectivity index (χ3n) is 11.2. The summed E-state index contributed by atoms with van der Waals surface area (Å²) in [4.78, 5) is 5.19. The molecule has 1 saturated heterocycles. The molecule has 0 amide bonds. The number of rotatable bonds is 10. The second-order valence-electron chi connectivity index (χ2n) is 13.6. The van der Waals surface area contributed by atoms with E-state index in [1.54, 1.807) is 11.8 Å². The molecule has 0 bridgehead atoms. The van der Waals surface area contributed by atoms with E-state index in [1.807, 2.05) is 13.0 Å². The molecule has 3 nitrogen and oxygen atoms in total. The van der Waals surface area contributed by atoms with Gasteiger partial charge in [0.05, 0.1) is 0 Å². The van der Waals surface area contributed by atoms with Gasteiger partial charge in [-0.3, -0.25) is 4.99 Å². The maximum atomic E-state index is 5.19. The Labute approximate surface area is 243 Å². The summed E-state index contributed by atoms with van der Waals surface area (Å²) in [6, 6.07) is 0.739. The van der Waals surface area contributed by atoms with Crippen molar-refractivity contribution in [1.29, 1.82) is 0 Å². The first-order valence-corrected chi connectivity index (χ1v) is 16.2. The molecule has 0 aromatic heterocycles. The van der Waals surface area contributed by atoms with Gasteiger partial charge < -0.3 is 10.6 Å². The smallest absolute Gasteiger partial charge is 0.0389 e. The fourth-order valence-corrected chi connectivity index (χ4v) is 9.38. The molecule has 4 fully saturated rings. The number of nitrogens with one attached hydrogen (secondary N) is 2. The van der Waals surface area contributed by atoms with Crippen molar-refractivity contribution < 1.29 is 0 Å². The minimum Gasteiger partial charge on any atom is -0.392 e. The highest BCUT2D eigenvalue weighted by molar-refractivity contribution is 5.85. The highest BCUT2D eigenvalue weighted by Crippen LogP contribution is 2.66. The predicted octanol–water partition coefficient (Wildman–Crippen LogP) is 9.37. The van der Waals surface area contributed by atoms with Crippen LogP contribution in [0.3, 0.4) is 0 Å². The number of aliphatic imine (C=N–C) groups is 1. The molecule has 3 saturated carbocycles. The van der Waals surface area contributed by atoms with Gasteiger partial charge in [-0.25, -0.2) is 0 Å². The Kier molecular flexibility index (Phi) is 13.5. The van der Waals surface area contributed by atoms with Crippen LogP contribution in [-0.4, -0.2) is 31.4 Å². The number of hydrogen-bond acceptors (Lipinski definition) is 3. The standard InChI is InChI=1S/C31H52N2.C4H9N.CH4/c1-7-10-24-12-13-26-28-15-14-27(23(4)32-19-9-11-25-20-22(3)21-33-25)31(28,6)18-16-29(26)30(24,5)17-8-2;1-3-5-4-2;/h7,10,22,25-29,33H,1,8-9,11-21H2,2-6H3;3,5H,1,4H2,2H3;1H4/b24-10-,32-23?;;. The van der Waals surface area contributed by atoms with Crippen LogP contribution in [0, 0.1) is 40.4 Å². The van der Waals surface area contributed by atoms with Crippen molar-refractivity contribution in [1.82, 2.24) is 10.6 Å². The predicted molar refractivity (Wildman–Crippen MR) is 174 cm³/mol. The van der Waals surface area contributed by atoms with Crippen molar-refractivity contribution in [2.75, 3.05) is 19.6 Å². The summed E-state index contributed by atoms with van der Waals surface area (Å²) in [6.07, 6.45) is 21.0. The molecule has 0 aromatic rings. The molecule has 0 aromatic carbocycles. The molecule has 3 heteroatoms. The Morgan fingerprint density at radius 1 is 1.13 bits per heavy atom. The molecular formula is C36H65N3. The quantitative estimate of drug-likeness (QED) is 0.214. The van der Waals surface area contributed by atoms with Crippen molar-refractivity contribution in [3.05, 3.63) is 37.1 Å². The molecule has 1 heterocycles. The maximum absolute atomic E-state index is 5.19. The summed E-state index contributed by atoms with van der Waals surface area (Å²) < 4.78 is 0. The molecule has 39 heavy (non-hydrogen) atoms. The Bertz CT molecular complexity index is 827. The van der Waals surface area contributed by atoms with Crippen LogP contribution in [0.4, 0.5) is 0 Å². The van der Waals surface area contributed by atoms with Crippen molar-refractivity contribution in [3.8, 4) is 0 Å². The van der Waals surface area contributed by atoms with Crippen LogP contribution in [0.5, 0.6) is 0 Å². The lowest BCUT2D eigenvalue weighted by molar-refractivity contribution is -0.0408. The van der Waals surface area contributed by atoms with Gasteiger partial charge in [-0.1, -0.05) is 72.4 Å². The average molecular weight is 540 g/mol. The largest absolute Gasteiger partial charge is 0.392 e. The van der Waals surface area contributed by atoms with E-state index < -0.39 is 0 Å². The summed E-state index contributed by atoms with van der Waals surface area (Å²) in [5.74, 6) is 4.25. The van der Waals surface area contributed by atoms with Crippen molar-refractivity contribution in [2.45, 2.75) is 126 Å². The fraction of sp³-hybridized carbons (Fsp3) is 0.806. The Hall–Kier alpha value is -1.35. The molecule has 224 valence electrons. The number of hydrogen-bond donors (Lipinski definition) is 2. The average Bonchev–Trinajstić information content (AvgIpc) is 3.47. The first kappa shape index (κ1) is 33.9. The molecule has 0 radical (unpaired) electrons. The zero-order valence-corrected chi connectivity index (χ0v) is 26.0. The van der Waals surface area contributed by atoms with E-state index in [0.717, 1.165) is 48.7 Å². The van der Waals surface area contributed by atoms with Crippen LogP contribution in [-0.2, 0) is 0 Å². The first-order chi connectivity index (χ1) is 18.2. The highest BCUT2D eigenvalue weighted by atomic mass is 14.9. The van der Waals surface area contributed by atoms with Crippen molar-refractivity contribution in [3.63, 3.8) is 0 Å². The molecule has 4 aliphatic rings. The van der Waals surface area contributed by atoms with Crippen LogP contribution in [0.2, 0.25) is 0 Å². The second-order valence-corrected chi connectivity index (χ2v) is 13.6. The van der Waals surface area contributed by atoms with E-state index in [0.29, 0.717) is 10.8 Å². The van der Waals surface area contributed by atoms with Gasteiger partial charge in [0.2, 0.25) is 0 Å². The van der Waals surface area contributed by atoms with Gasteiger partial charge in [-0.2, -0.15) is 0 Å². The third kappa shape index (κ3) is 7.69. The van der Waals surface area contributed by atoms with Gasteiger partial charge in [0, 0.05) is 30.8 Å². The zero-order valence-electron chi connectivity index (χ0n) is 26.0. The summed E-state index contributed by atoms with van der Waals surface area (Å²) in [5.41, 5.74) is 4.04. The summed E-state index contributed by atoms with van der Waals surface area (Å²) in [7, 11) is 0. The second kappa shape index (κ2) is 15.6. The maximum Gasteiger partial charge on any atom is 0.0389 e. The van der Waals surface area contributed by atoms with E-state index in [1.165, 1.54) is 82.9 Å². The van der Waals surface area contributed by atoms with Gasteiger partial charge in [0.15, 0.2) is 0 Å². The summed E-state index contributed by atoms with van der Waals surface area (Å²) in [6.45, 7) is 25.1. The Balaban J connectivity index is 0.000000816. The Morgan fingerprint density at radius 2 is 1.90 bits per heavy atom. The van der Waals surface area contributed by atoms with E-state index in [2.05, 4.69) is 64.5 Å². The fourth-order valence-electron chi connectivity index (χ4n) is 9.38. The molecule has 3 aliphatic carbocycles. The lowest BCUT2D eigenvalue weighted by Crippen LogP contribution is -2.50. The van der Waals surface area contributed by atoms with E-state index >= 15 is 0 Å². The van der Waals surface area contributed by atoms with Crippen LogP contribution in [0.1, 0.15) is 120 Å². The van der Waals surface area contributed by atoms with Gasteiger partial charge in [0.1, 0.15) is 0 Å². The Morgan fingerprint density at radius 3 is 2.49 bits per heavy atom. The normalized spacial score (nSPS) is 38.6. The lowest BCUT2D eigenvalue weighted by atomic mass is 9.47. The van der Waals surface area contributed by atoms with Gasteiger partial charge in [-0.15, -0.1) is 0 Å². The minimum absolute atomic E-state index is 0. The molecule has 1 aliphatic heterocycles. The minimum atomic E-state index is 0.